The fraction of sp³-hybridized carbons (Fsp3) is 0. The number of furan rings is 1. The lowest BCUT2D eigenvalue weighted by Gasteiger charge is -2.01. The molecule has 0 saturated heterocycles. The summed E-state index contributed by atoms with van der Waals surface area (Å²) in [6.45, 7) is 0. The number of halogens is 2. The SMILES string of the molecule is O=[N+]([O-])c1cccc(C=Nn2c(-c3cc4ccccc4o3)csc2=Nc2ccc(F)cc2F)c1. The Morgan fingerprint density at radius 3 is 2.68 bits per heavy atom. The molecule has 168 valence electrons. The van der Waals surface area contributed by atoms with Crippen molar-refractivity contribution in [2.75, 3.05) is 0 Å². The van der Waals surface area contributed by atoms with Crippen LogP contribution < -0.4 is 4.80 Å². The molecule has 0 aliphatic heterocycles. The van der Waals surface area contributed by atoms with Crippen LogP contribution in [0.1, 0.15) is 5.56 Å². The van der Waals surface area contributed by atoms with Crippen molar-refractivity contribution < 1.29 is 18.1 Å². The lowest BCUT2D eigenvalue weighted by atomic mass is 10.2. The number of fused-ring (bicyclic) bond motifs is 1. The first-order valence-electron chi connectivity index (χ1n) is 9.96. The number of thiazole rings is 1. The number of rotatable bonds is 5. The van der Waals surface area contributed by atoms with Gasteiger partial charge in [0.1, 0.15) is 22.8 Å². The van der Waals surface area contributed by atoms with Crippen molar-refractivity contribution in [3.8, 4) is 11.5 Å². The summed E-state index contributed by atoms with van der Waals surface area (Å²) < 4.78 is 35.0. The highest BCUT2D eigenvalue weighted by atomic mass is 32.1. The average Bonchev–Trinajstić information content (AvgIpc) is 3.43. The first kappa shape index (κ1) is 21.4. The minimum atomic E-state index is -0.812. The number of nitro benzene ring substituents is 1. The summed E-state index contributed by atoms with van der Waals surface area (Å²) in [5.41, 5.74) is 1.58. The van der Waals surface area contributed by atoms with Gasteiger partial charge in [0.2, 0.25) is 4.80 Å². The van der Waals surface area contributed by atoms with Gasteiger partial charge in [0.25, 0.3) is 5.69 Å². The third kappa shape index (κ3) is 4.26. The molecule has 0 amide bonds. The maximum absolute atomic E-state index is 14.2. The normalized spacial score (nSPS) is 12.1. The summed E-state index contributed by atoms with van der Waals surface area (Å²) in [5.74, 6) is -1.01. The molecule has 0 aliphatic carbocycles. The molecule has 34 heavy (non-hydrogen) atoms. The highest BCUT2D eigenvalue weighted by Crippen LogP contribution is 2.28. The number of para-hydroxylation sites is 1. The van der Waals surface area contributed by atoms with Gasteiger partial charge in [0.05, 0.1) is 11.1 Å². The number of nitrogens with zero attached hydrogens (tertiary/aromatic N) is 4. The van der Waals surface area contributed by atoms with Crippen LogP contribution in [-0.2, 0) is 0 Å². The quantitative estimate of drug-likeness (QED) is 0.170. The molecule has 3 aromatic carbocycles. The molecule has 0 aliphatic rings. The van der Waals surface area contributed by atoms with Gasteiger partial charge in [-0.3, -0.25) is 10.1 Å². The van der Waals surface area contributed by atoms with Crippen LogP contribution in [0.15, 0.2) is 92.7 Å². The van der Waals surface area contributed by atoms with E-state index in [9.17, 15) is 18.9 Å². The molecule has 10 heteroatoms. The predicted molar refractivity (Wildman–Crippen MR) is 125 cm³/mol. The number of nitro groups is 1. The number of non-ortho nitro benzene ring substituents is 1. The third-order valence-corrected chi connectivity index (χ3v) is 5.71. The second kappa shape index (κ2) is 8.83. The van der Waals surface area contributed by atoms with E-state index in [4.69, 9.17) is 4.42 Å². The fourth-order valence-corrected chi connectivity index (χ4v) is 4.11. The van der Waals surface area contributed by atoms with Gasteiger partial charge >= 0.3 is 0 Å². The average molecular weight is 476 g/mol. The molecule has 7 nitrogen and oxygen atoms in total. The van der Waals surface area contributed by atoms with Crippen molar-refractivity contribution >= 4 is 39.9 Å². The van der Waals surface area contributed by atoms with Gasteiger partial charge in [-0.15, -0.1) is 11.3 Å². The van der Waals surface area contributed by atoms with Crippen LogP contribution in [0.5, 0.6) is 0 Å². The molecule has 0 radical (unpaired) electrons. The Labute approximate surface area is 194 Å². The largest absolute Gasteiger partial charge is 0.454 e. The zero-order valence-corrected chi connectivity index (χ0v) is 18.1. The van der Waals surface area contributed by atoms with Crippen LogP contribution in [0.3, 0.4) is 0 Å². The monoisotopic (exact) mass is 476 g/mol. The Bertz CT molecular complexity index is 1600. The number of benzene rings is 3. The molecule has 0 fully saturated rings. The van der Waals surface area contributed by atoms with Crippen LogP contribution in [-0.4, -0.2) is 15.8 Å². The smallest absolute Gasteiger partial charge is 0.270 e. The lowest BCUT2D eigenvalue weighted by Crippen LogP contribution is -2.11. The first-order chi connectivity index (χ1) is 16.5. The van der Waals surface area contributed by atoms with E-state index in [-0.39, 0.29) is 11.4 Å². The second-order valence-electron chi connectivity index (χ2n) is 7.17. The molecule has 0 N–H and O–H groups in total. The number of hydrogen-bond acceptors (Lipinski definition) is 6. The molecule has 0 unspecified atom stereocenters. The zero-order valence-electron chi connectivity index (χ0n) is 17.3. The van der Waals surface area contributed by atoms with E-state index in [1.54, 1.807) is 17.5 Å². The van der Waals surface area contributed by atoms with Crippen LogP contribution in [0, 0.1) is 21.7 Å². The zero-order chi connectivity index (χ0) is 23.7. The van der Waals surface area contributed by atoms with Crippen molar-refractivity contribution in [3.05, 3.63) is 110 Å². The molecule has 2 aromatic heterocycles. The summed E-state index contributed by atoms with van der Waals surface area (Å²) >= 11 is 1.19. The molecule has 5 rings (SSSR count). The van der Waals surface area contributed by atoms with E-state index in [0.717, 1.165) is 17.5 Å². The fourth-order valence-electron chi connectivity index (χ4n) is 3.29. The van der Waals surface area contributed by atoms with Crippen molar-refractivity contribution in [1.29, 1.82) is 0 Å². The summed E-state index contributed by atoms with van der Waals surface area (Å²) in [6, 6.07) is 18.4. The first-order valence-corrected chi connectivity index (χ1v) is 10.8. The van der Waals surface area contributed by atoms with Crippen LogP contribution in [0.4, 0.5) is 20.2 Å². The molecule has 0 bridgehead atoms. The molecule has 0 saturated carbocycles. The molecular weight excluding hydrogens is 462 g/mol. The van der Waals surface area contributed by atoms with E-state index in [1.807, 2.05) is 30.3 Å². The van der Waals surface area contributed by atoms with Gasteiger partial charge < -0.3 is 4.42 Å². The van der Waals surface area contributed by atoms with Crippen molar-refractivity contribution in [2.45, 2.75) is 0 Å². The minimum absolute atomic E-state index is 0.0568. The number of aromatic nitrogens is 1. The highest BCUT2D eigenvalue weighted by molar-refractivity contribution is 7.07. The molecule has 0 atom stereocenters. The summed E-state index contributed by atoms with van der Waals surface area (Å²) in [5, 5.41) is 18.2. The van der Waals surface area contributed by atoms with Gasteiger partial charge in [-0.25, -0.2) is 18.4 Å². The van der Waals surface area contributed by atoms with E-state index in [0.29, 0.717) is 27.4 Å². The Kier molecular flexibility index (Phi) is 5.56. The standard InChI is InChI=1S/C24H14F2N4O3S/c25-17-8-9-20(19(26)12-17)28-24-29(27-13-15-4-3-6-18(10-15)30(31)32)21(14-34-24)23-11-16-5-1-2-7-22(16)33-23/h1-14H. The Morgan fingerprint density at radius 2 is 1.88 bits per heavy atom. The van der Waals surface area contributed by atoms with Crippen molar-refractivity contribution in [2.24, 2.45) is 10.1 Å². The summed E-state index contributed by atoms with van der Waals surface area (Å²) in [4.78, 5) is 15.2. The Morgan fingerprint density at radius 1 is 1.03 bits per heavy atom. The van der Waals surface area contributed by atoms with E-state index in [2.05, 4.69) is 10.1 Å². The maximum atomic E-state index is 14.2. The summed E-state index contributed by atoms with van der Waals surface area (Å²) in [6.07, 6.45) is 1.44. The number of hydrogen-bond donors (Lipinski definition) is 0. The topological polar surface area (TPSA) is 85.9 Å². The third-order valence-electron chi connectivity index (χ3n) is 4.89. The second-order valence-corrected chi connectivity index (χ2v) is 8.00. The van der Waals surface area contributed by atoms with Gasteiger partial charge in [0.15, 0.2) is 11.6 Å². The van der Waals surface area contributed by atoms with Gasteiger partial charge in [-0.05, 0) is 24.3 Å². The molecule has 5 aromatic rings. The molecular formula is C24H14F2N4O3S. The van der Waals surface area contributed by atoms with Crippen molar-refractivity contribution in [3.63, 3.8) is 0 Å². The molecule has 2 heterocycles. The minimum Gasteiger partial charge on any atom is -0.454 e. The van der Waals surface area contributed by atoms with E-state index in [1.165, 1.54) is 40.4 Å². The highest BCUT2D eigenvalue weighted by Gasteiger charge is 2.14. The molecule has 0 spiro atoms. The van der Waals surface area contributed by atoms with Gasteiger partial charge in [-0.1, -0.05) is 30.3 Å². The van der Waals surface area contributed by atoms with Crippen molar-refractivity contribution in [1.82, 2.24) is 4.68 Å². The van der Waals surface area contributed by atoms with Crippen LogP contribution in [0.2, 0.25) is 0 Å². The lowest BCUT2D eigenvalue weighted by molar-refractivity contribution is -0.384. The summed E-state index contributed by atoms with van der Waals surface area (Å²) in [7, 11) is 0. The Hall–Kier alpha value is -4.44. The van der Waals surface area contributed by atoms with Gasteiger partial charge in [0, 0.05) is 34.5 Å². The Balaban J connectivity index is 1.66. The predicted octanol–water partition coefficient (Wildman–Crippen LogP) is 6.26. The van der Waals surface area contributed by atoms with E-state index >= 15 is 0 Å². The van der Waals surface area contributed by atoms with E-state index < -0.39 is 16.6 Å². The van der Waals surface area contributed by atoms with Gasteiger partial charge in [-0.2, -0.15) is 5.10 Å². The van der Waals surface area contributed by atoms with Crippen LogP contribution >= 0.6 is 11.3 Å². The van der Waals surface area contributed by atoms with Crippen LogP contribution in [0.25, 0.3) is 22.4 Å². The maximum Gasteiger partial charge on any atom is 0.270 e.